The number of aromatic hydroxyl groups is 1. The van der Waals surface area contributed by atoms with E-state index in [0.717, 1.165) is 23.9 Å². The maximum Gasteiger partial charge on any atom is 0.116 e. The molecule has 2 aromatic rings. The van der Waals surface area contributed by atoms with E-state index in [0.29, 0.717) is 5.75 Å². The van der Waals surface area contributed by atoms with Gasteiger partial charge in [0, 0.05) is 23.5 Å². The zero-order valence-electron chi connectivity index (χ0n) is 9.62. The Morgan fingerprint density at radius 3 is 2.75 bits per heavy atom. The lowest BCUT2D eigenvalue weighted by atomic mass is 10.1. The first-order valence-electron chi connectivity index (χ1n) is 5.25. The number of nitrogens with one attached hydrogen (secondary N) is 2. The van der Waals surface area contributed by atoms with Crippen LogP contribution < -0.4 is 4.90 Å². The van der Waals surface area contributed by atoms with Crippen LogP contribution in [0.4, 0.5) is 0 Å². The number of hydrogen-bond donors (Lipinski definition) is 3. The molecule has 0 aliphatic rings. The molecular weight excluding hydrogens is 204 g/mol. The molecule has 4 N–H and O–H groups in total. The summed E-state index contributed by atoms with van der Waals surface area (Å²) in [5.74, 6) is 0.334. The number of H-pyrrole nitrogens is 1. The van der Waals surface area contributed by atoms with E-state index in [2.05, 4.69) is 19.1 Å². The van der Waals surface area contributed by atoms with Gasteiger partial charge in [0.1, 0.15) is 5.75 Å². The predicted octanol–water partition coefficient (Wildman–Crippen LogP) is 0.384. The van der Waals surface area contributed by atoms with Crippen molar-refractivity contribution in [3.8, 4) is 5.75 Å². The van der Waals surface area contributed by atoms with Crippen molar-refractivity contribution in [1.82, 2.24) is 4.98 Å². The molecule has 4 heteroatoms. The van der Waals surface area contributed by atoms with Crippen LogP contribution in [0.3, 0.4) is 0 Å². The lowest BCUT2D eigenvalue weighted by Gasteiger charge is -2.05. The Labute approximate surface area is 94.8 Å². The van der Waals surface area contributed by atoms with Crippen molar-refractivity contribution in [2.24, 2.45) is 0 Å². The predicted molar refractivity (Wildman–Crippen MR) is 63.3 cm³/mol. The van der Waals surface area contributed by atoms with Crippen molar-refractivity contribution in [2.45, 2.75) is 6.42 Å². The van der Waals surface area contributed by atoms with Crippen molar-refractivity contribution >= 4 is 10.9 Å². The number of aromatic nitrogens is 1. The standard InChI is InChI=1S/C12H16N2O.H2O/c1-14(2)6-5-9-8-13-12-4-3-10(15)7-11(9)12;/h3-4,7-8,13,15H,5-6H2,1-2H3;1H2. The number of rotatable bonds is 3. The fraction of sp³-hybridized carbons (Fsp3) is 0.333. The smallest absolute Gasteiger partial charge is 0.116 e. The summed E-state index contributed by atoms with van der Waals surface area (Å²) in [4.78, 5) is 4.65. The van der Waals surface area contributed by atoms with Gasteiger partial charge in [-0.2, -0.15) is 0 Å². The lowest BCUT2D eigenvalue weighted by molar-refractivity contribution is -0.858. The van der Waals surface area contributed by atoms with Crippen molar-refractivity contribution in [3.05, 3.63) is 30.0 Å². The molecule has 0 aliphatic carbocycles. The highest BCUT2D eigenvalue weighted by atomic mass is 16.3. The van der Waals surface area contributed by atoms with Crippen LogP contribution in [0.2, 0.25) is 0 Å². The normalized spacial score (nSPS) is 10.7. The second-order valence-corrected chi connectivity index (χ2v) is 4.25. The summed E-state index contributed by atoms with van der Waals surface area (Å²) in [7, 11) is 4.29. The third-order valence-corrected chi connectivity index (χ3v) is 2.65. The van der Waals surface area contributed by atoms with E-state index in [1.165, 1.54) is 10.5 Å². The molecule has 0 aliphatic heterocycles. The van der Waals surface area contributed by atoms with E-state index in [1.807, 2.05) is 18.3 Å². The van der Waals surface area contributed by atoms with E-state index in [4.69, 9.17) is 0 Å². The van der Waals surface area contributed by atoms with Crippen molar-refractivity contribution in [1.29, 1.82) is 0 Å². The topological polar surface area (TPSA) is 70.5 Å². The molecule has 0 fully saturated rings. The average Bonchev–Trinajstić information content (AvgIpc) is 2.57. The van der Waals surface area contributed by atoms with E-state index in [1.54, 1.807) is 6.07 Å². The SMILES string of the molecule is C[NH+](C)CCc1c[nH]c2ccc(O)cc12.[OH-]. The van der Waals surface area contributed by atoms with Crippen LogP contribution in [-0.4, -0.2) is 36.2 Å². The van der Waals surface area contributed by atoms with Gasteiger partial charge in [-0.1, -0.05) is 0 Å². The third-order valence-electron chi connectivity index (χ3n) is 2.65. The summed E-state index contributed by atoms with van der Waals surface area (Å²) in [6, 6.07) is 5.45. The fourth-order valence-corrected chi connectivity index (χ4v) is 1.76. The summed E-state index contributed by atoms with van der Waals surface area (Å²) >= 11 is 0. The number of phenols is 1. The molecule has 1 aromatic heterocycles. The van der Waals surface area contributed by atoms with Gasteiger partial charge in [0.15, 0.2) is 0 Å². The van der Waals surface area contributed by atoms with Gasteiger partial charge in [-0.25, -0.2) is 0 Å². The van der Waals surface area contributed by atoms with E-state index in [9.17, 15) is 5.11 Å². The van der Waals surface area contributed by atoms with E-state index < -0.39 is 0 Å². The highest BCUT2D eigenvalue weighted by Gasteiger charge is 2.05. The Balaban J connectivity index is 0.00000128. The molecule has 0 saturated carbocycles. The van der Waals surface area contributed by atoms with E-state index >= 15 is 0 Å². The summed E-state index contributed by atoms with van der Waals surface area (Å²) in [5.41, 5.74) is 2.37. The minimum absolute atomic E-state index is 0. The maximum absolute atomic E-state index is 9.43. The Morgan fingerprint density at radius 2 is 2.06 bits per heavy atom. The molecule has 1 aromatic carbocycles. The van der Waals surface area contributed by atoms with Gasteiger partial charge in [-0.05, 0) is 23.8 Å². The number of benzene rings is 1. The Bertz CT molecular complexity index is 463. The molecule has 2 rings (SSSR count). The van der Waals surface area contributed by atoms with Gasteiger partial charge in [0.05, 0.1) is 20.6 Å². The number of likely N-dealkylation sites (N-methyl/N-ethyl adjacent to an activating group) is 1. The largest absolute Gasteiger partial charge is 0.870 e. The van der Waals surface area contributed by atoms with Gasteiger partial charge in [-0.3, -0.25) is 0 Å². The summed E-state index contributed by atoms with van der Waals surface area (Å²) in [6.45, 7) is 1.10. The number of phenolic OH excluding ortho intramolecular Hbond substituents is 1. The fourth-order valence-electron chi connectivity index (χ4n) is 1.76. The van der Waals surface area contributed by atoms with Crippen LogP contribution in [0.25, 0.3) is 10.9 Å². The van der Waals surface area contributed by atoms with Crippen molar-refractivity contribution in [2.75, 3.05) is 20.6 Å². The molecule has 16 heavy (non-hydrogen) atoms. The molecule has 0 bridgehead atoms. The van der Waals surface area contributed by atoms with Gasteiger partial charge in [0.2, 0.25) is 0 Å². The zero-order chi connectivity index (χ0) is 10.8. The van der Waals surface area contributed by atoms with Crippen LogP contribution in [-0.2, 0) is 6.42 Å². The molecule has 0 saturated heterocycles. The highest BCUT2D eigenvalue weighted by Crippen LogP contribution is 2.22. The second kappa shape index (κ2) is 5.01. The minimum atomic E-state index is 0. The summed E-state index contributed by atoms with van der Waals surface area (Å²) in [6.07, 6.45) is 3.07. The van der Waals surface area contributed by atoms with Gasteiger partial charge >= 0.3 is 0 Å². The molecule has 4 nitrogen and oxygen atoms in total. The number of hydrogen-bond acceptors (Lipinski definition) is 2. The van der Waals surface area contributed by atoms with Crippen molar-refractivity contribution in [3.63, 3.8) is 0 Å². The summed E-state index contributed by atoms with van der Waals surface area (Å²) < 4.78 is 0. The first-order valence-corrected chi connectivity index (χ1v) is 5.25. The van der Waals surface area contributed by atoms with Crippen LogP contribution in [0, 0.1) is 0 Å². The molecule has 1 heterocycles. The van der Waals surface area contributed by atoms with Crippen LogP contribution in [0.5, 0.6) is 5.75 Å². The quantitative estimate of drug-likeness (QED) is 0.703. The third kappa shape index (κ3) is 2.53. The molecule has 0 unspecified atom stereocenters. The molecule has 88 valence electrons. The molecule has 0 amide bonds. The van der Waals surface area contributed by atoms with Crippen molar-refractivity contribution < 1.29 is 15.5 Å². The molecule has 0 atom stereocenters. The average molecular weight is 222 g/mol. The number of fused-ring (bicyclic) bond motifs is 1. The van der Waals surface area contributed by atoms with Crippen LogP contribution >= 0.6 is 0 Å². The van der Waals surface area contributed by atoms with Gasteiger partial charge in [-0.15, -0.1) is 0 Å². The molecule has 0 radical (unpaired) electrons. The van der Waals surface area contributed by atoms with Gasteiger partial charge < -0.3 is 20.5 Å². The second-order valence-electron chi connectivity index (χ2n) is 4.25. The molecule has 0 spiro atoms. The first-order chi connectivity index (χ1) is 7.16. The number of aromatic amines is 1. The monoisotopic (exact) mass is 222 g/mol. The Hall–Kier alpha value is -1.52. The maximum atomic E-state index is 9.43. The Kier molecular flexibility index (Phi) is 3.93. The van der Waals surface area contributed by atoms with E-state index in [-0.39, 0.29) is 5.48 Å². The highest BCUT2D eigenvalue weighted by molar-refractivity contribution is 5.84. The Morgan fingerprint density at radius 1 is 1.31 bits per heavy atom. The lowest BCUT2D eigenvalue weighted by Crippen LogP contribution is -3.05. The van der Waals surface area contributed by atoms with Crippen LogP contribution in [0.15, 0.2) is 24.4 Å². The van der Waals surface area contributed by atoms with Gasteiger partial charge in [0.25, 0.3) is 0 Å². The minimum Gasteiger partial charge on any atom is -0.870 e. The summed E-state index contributed by atoms with van der Waals surface area (Å²) in [5, 5.41) is 10.6. The first kappa shape index (κ1) is 12.5. The molecular formula is C12H18N2O2. The zero-order valence-corrected chi connectivity index (χ0v) is 9.62. The number of quaternary nitrogens is 1. The van der Waals surface area contributed by atoms with Crippen LogP contribution in [0.1, 0.15) is 5.56 Å².